The van der Waals surface area contributed by atoms with E-state index in [-0.39, 0.29) is 11.4 Å². The van der Waals surface area contributed by atoms with E-state index in [0.29, 0.717) is 11.2 Å². The molecule has 3 nitrogen and oxygen atoms in total. The van der Waals surface area contributed by atoms with Crippen molar-refractivity contribution in [2.45, 2.75) is 32.7 Å². The summed E-state index contributed by atoms with van der Waals surface area (Å²) in [5, 5.41) is 7.03. The molecule has 0 radical (unpaired) electrons. The molecule has 0 spiro atoms. The van der Waals surface area contributed by atoms with Gasteiger partial charge in [0.25, 0.3) is 0 Å². The molecule has 5 heteroatoms. The molecule has 1 aromatic carbocycles. The maximum absolute atomic E-state index is 13.2. The first kappa shape index (κ1) is 13.0. The second-order valence-corrected chi connectivity index (χ2v) is 5.64. The molecule has 1 aromatic heterocycles. The van der Waals surface area contributed by atoms with Crippen LogP contribution in [0.3, 0.4) is 0 Å². The Morgan fingerprint density at radius 1 is 1.39 bits per heavy atom. The minimum atomic E-state index is -0.232. The molecule has 18 heavy (non-hydrogen) atoms. The van der Waals surface area contributed by atoms with E-state index in [0.717, 1.165) is 11.4 Å². The van der Waals surface area contributed by atoms with Gasteiger partial charge in [-0.1, -0.05) is 12.1 Å². The van der Waals surface area contributed by atoms with Gasteiger partial charge in [0.05, 0.1) is 0 Å². The van der Waals surface area contributed by atoms with Gasteiger partial charge < -0.3 is 0 Å². The minimum absolute atomic E-state index is 0.146. The molecule has 0 amide bonds. The molecule has 0 bridgehead atoms. The first-order valence-electron chi connectivity index (χ1n) is 5.79. The van der Waals surface area contributed by atoms with E-state index in [1.807, 2.05) is 10.6 Å². The van der Waals surface area contributed by atoms with Crippen LogP contribution in [0.5, 0.6) is 0 Å². The molecule has 0 fully saturated rings. The summed E-state index contributed by atoms with van der Waals surface area (Å²) >= 11 is 5.23. The Kier molecular flexibility index (Phi) is 3.34. The average molecular weight is 265 g/mol. The number of rotatable bonds is 2. The van der Waals surface area contributed by atoms with Crippen LogP contribution in [0, 0.1) is 10.6 Å². The zero-order valence-electron chi connectivity index (χ0n) is 10.7. The number of halogens is 1. The lowest BCUT2D eigenvalue weighted by molar-refractivity contribution is 0.380. The van der Waals surface area contributed by atoms with Crippen molar-refractivity contribution in [3.8, 4) is 0 Å². The van der Waals surface area contributed by atoms with Crippen molar-refractivity contribution in [1.82, 2.24) is 14.8 Å². The number of nitrogens with one attached hydrogen (secondary N) is 1. The monoisotopic (exact) mass is 265 g/mol. The number of hydrogen-bond acceptors (Lipinski definition) is 2. The summed E-state index contributed by atoms with van der Waals surface area (Å²) in [7, 11) is 0. The van der Waals surface area contributed by atoms with Gasteiger partial charge in [-0.05, 0) is 50.7 Å². The second kappa shape index (κ2) is 4.65. The van der Waals surface area contributed by atoms with Crippen molar-refractivity contribution in [2.75, 3.05) is 0 Å². The fraction of sp³-hybridized carbons (Fsp3) is 0.385. The van der Waals surface area contributed by atoms with Gasteiger partial charge in [-0.25, -0.2) is 4.39 Å². The highest BCUT2D eigenvalue weighted by atomic mass is 32.1. The Morgan fingerprint density at radius 3 is 2.72 bits per heavy atom. The third-order valence-electron chi connectivity index (χ3n) is 2.66. The topological polar surface area (TPSA) is 33.6 Å². The van der Waals surface area contributed by atoms with Crippen LogP contribution in [-0.2, 0) is 12.0 Å². The molecule has 96 valence electrons. The molecule has 0 unspecified atom stereocenters. The molecule has 2 rings (SSSR count). The third-order valence-corrected chi connectivity index (χ3v) is 2.94. The summed E-state index contributed by atoms with van der Waals surface area (Å²) in [6.07, 6.45) is 0.558. The fourth-order valence-electron chi connectivity index (χ4n) is 1.97. The molecule has 1 N–H and O–H groups in total. The molecule has 0 saturated heterocycles. The van der Waals surface area contributed by atoms with E-state index in [9.17, 15) is 4.39 Å². The van der Waals surface area contributed by atoms with Gasteiger partial charge in [-0.2, -0.15) is 5.10 Å². The number of hydrogen-bond donors (Lipinski definition) is 1. The first-order chi connectivity index (χ1) is 8.38. The van der Waals surface area contributed by atoms with E-state index in [1.165, 1.54) is 12.1 Å². The van der Waals surface area contributed by atoms with Gasteiger partial charge in [0.15, 0.2) is 4.77 Å². The lowest BCUT2D eigenvalue weighted by Gasteiger charge is -2.22. The van der Waals surface area contributed by atoms with Gasteiger partial charge >= 0.3 is 0 Å². The predicted octanol–water partition coefficient (Wildman–Crippen LogP) is 3.43. The molecular weight excluding hydrogens is 249 g/mol. The lowest BCUT2D eigenvalue weighted by atomic mass is 10.1. The van der Waals surface area contributed by atoms with Gasteiger partial charge in [0, 0.05) is 12.0 Å². The van der Waals surface area contributed by atoms with Crippen LogP contribution in [0.4, 0.5) is 4.39 Å². The zero-order valence-corrected chi connectivity index (χ0v) is 11.5. The van der Waals surface area contributed by atoms with Crippen LogP contribution in [-0.4, -0.2) is 14.8 Å². The highest BCUT2D eigenvalue weighted by Gasteiger charge is 2.19. The van der Waals surface area contributed by atoms with Crippen molar-refractivity contribution in [2.24, 2.45) is 0 Å². The van der Waals surface area contributed by atoms with E-state index in [2.05, 4.69) is 31.0 Å². The predicted molar refractivity (Wildman–Crippen MR) is 71.6 cm³/mol. The Morgan fingerprint density at radius 2 is 2.11 bits per heavy atom. The lowest BCUT2D eigenvalue weighted by Crippen LogP contribution is -2.24. The van der Waals surface area contributed by atoms with E-state index in [4.69, 9.17) is 12.2 Å². The number of H-pyrrole nitrogens is 1. The minimum Gasteiger partial charge on any atom is -0.298 e. The molecule has 0 aliphatic heterocycles. The zero-order chi connectivity index (χ0) is 13.3. The summed E-state index contributed by atoms with van der Waals surface area (Å²) in [6, 6.07) is 6.54. The Balaban J connectivity index is 2.39. The number of nitrogens with zero attached hydrogens (tertiary/aromatic N) is 2. The molecule has 2 aromatic rings. The largest absolute Gasteiger partial charge is 0.298 e. The molecule has 0 aliphatic rings. The molecule has 0 saturated carbocycles. The maximum Gasteiger partial charge on any atom is 0.195 e. The smallest absolute Gasteiger partial charge is 0.195 e. The summed E-state index contributed by atoms with van der Waals surface area (Å²) in [6.45, 7) is 6.19. The van der Waals surface area contributed by atoms with E-state index >= 15 is 0 Å². The fourth-order valence-corrected chi connectivity index (χ4v) is 2.39. The highest BCUT2D eigenvalue weighted by molar-refractivity contribution is 7.71. The Hall–Kier alpha value is -1.49. The van der Waals surface area contributed by atoms with Crippen LogP contribution in [0.2, 0.25) is 0 Å². The van der Waals surface area contributed by atoms with Crippen LogP contribution < -0.4 is 0 Å². The maximum atomic E-state index is 13.2. The summed E-state index contributed by atoms with van der Waals surface area (Å²) in [4.78, 5) is 0. The standard InChI is InChI=1S/C13H16FN3S/c1-13(2,3)17-11(15-16-12(17)18)8-9-5-4-6-10(14)7-9/h4-7H,8H2,1-3H3,(H,16,18). The molecule has 1 heterocycles. The van der Waals surface area contributed by atoms with E-state index in [1.54, 1.807) is 6.07 Å². The van der Waals surface area contributed by atoms with Gasteiger partial charge in [0.1, 0.15) is 11.6 Å². The van der Waals surface area contributed by atoms with Crippen molar-refractivity contribution in [3.05, 3.63) is 46.2 Å². The Labute approximate surface area is 111 Å². The van der Waals surface area contributed by atoms with Gasteiger partial charge in [-0.3, -0.25) is 9.67 Å². The number of aromatic nitrogens is 3. The average Bonchev–Trinajstić information content (AvgIpc) is 2.59. The Bertz CT molecular complexity index is 607. The summed E-state index contributed by atoms with van der Waals surface area (Å²) < 4.78 is 15.7. The van der Waals surface area contributed by atoms with Gasteiger partial charge in [-0.15, -0.1) is 0 Å². The van der Waals surface area contributed by atoms with Crippen molar-refractivity contribution in [3.63, 3.8) is 0 Å². The number of aromatic amines is 1. The second-order valence-electron chi connectivity index (χ2n) is 5.26. The summed E-state index contributed by atoms with van der Waals surface area (Å²) in [5.74, 6) is 0.585. The van der Waals surface area contributed by atoms with Crippen LogP contribution >= 0.6 is 12.2 Å². The van der Waals surface area contributed by atoms with Gasteiger partial charge in [0.2, 0.25) is 0 Å². The number of benzene rings is 1. The van der Waals surface area contributed by atoms with Crippen molar-refractivity contribution >= 4 is 12.2 Å². The van der Waals surface area contributed by atoms with Crippen LogP contribution in [0.15, 0.2) is 24.3 Å². The summed E-state index contributed by atoms with van der Waals surface area (Å²) in [5.41, 5.74) is 0.738. The normalized spacial score (nSPS) is 11.8. The quantitative estimate of drug-likeness (QED) is 0.844. The van der Waals surface area contributed by atoms with Crippen molar-refractivity contribution in [1.29, 1.82) is 0 Å². The SMILES string of the molecule is CC(C)(C)n1c(Cc2cccc(F)c2)n[nH]c1=S. The highest BCUT2D eigenvalue weighted by Crippen LogP contribution is 2.18. The molecule has 0 atom stereocenters. The van der Waals surface area contributed by atoms with E-state index < -0.39 is 0 Å². The first-order valence-corrected chi connectivity index (χ1v) is 6.20. The van der Waals surface area contributed by atoms with Crippen molar-refractivity contribution < 1.29 is 4.39 Å². The van der Waals surface area contributed by atoms with Crippen LogP contribution in [0.1, 0.15) is 32.2 Å². The molecule has 0 aliphatic carbocycles. The van der Waals surface area contributed by atoms with Crippen LogP contribution in [0.25, 0.3) is 0 Å². The third kappa shape index (κ3) is 2.67. The molecular formula is C13H16FN3S.